The van der Waals surface area contributed by atoms with E-state index < -0.39 is 5.41 Å². The van der Waals surface area contributed by atoms with E-state index in [9.17, 15) is 9.59 Å². The Morgan fingerprint density at radius 2 is 1.92 bits per heavy atom. The lowest BCUT2D eigenvalue weighted by atomic mass is 9.87. The number of rotatable bonds is 5. The quantitative estimate of drug-likeness (QED) is 0.777. The number of nitrogens with zero attached hydrogens (tertiary/aromatic N) is 2. The van der Waals surface area contributed by atoms with Gasteiger partial charge in [-0.25, -0.2) is 0 Å². The number of amides is 2. The van der Waals surface area contributed by atoms with Crippen LogP contribution in [0.1, 0.15) is 46.1 Å². The molecule has 0 saturated carbocycles. The Bertz CT molecular complexity index is 568. The van der Waals surface area contributed by atoms with Crippen molar-refractivity contribution in [2.24, 2.45) is 11.3 Å². The molecule has 1 aromatic carbocycles. The predicted octanol–water partition coefficient (Wildman–Crippen LogP) is 3.32. The molecule has 132 valence electrons. The zero-order chi connectivity index (χ0) is 17.7. The molecule has 2 amide bonds. The van der Waals surface area contributed by atoms with Gasteiger partial charge in [0.1, 0.15) is 5.41 Å². The maximum absolute atomic E-state index is 13.0. The number of carbonyl (C=O) groups is 2. The minimum Gasteiger partial charge on any atom is -0.342 e. The Balaban J connectivity index is 2.10. The van der Waals surface area contributed by atoms with Gasteiger partial charge in [-0.3, -0.25) is 9.59 Å². The third-order valence-electron chi connectivity index (χ3n) is 4.90. The van der Waals surface area contributed by atoms with Crippen molar-refractivity contribution in [1.82, 2.24) is 9.80 Å². The zero-order valence-electron chi connectivity index (χ0n) is 15.4. The molecule has 4 nitrogen and oxygen atoms in total. The van der Waals surface area contributed by atoms with E-state index in [0.717, 1.165) is 31.5 Å². The number of hydrogen-bond acceptors (Lipinski definition) is 2. The number of hydrogen-bond donors (Lipinski definition) is 0. The molecule has 0 N–H and O–H groups in total. The molecule has 1 fully saturated rings. The fourth-order valence-electron chi connectivity index (χ4n) is 3.39. The summed E-state index contributed by atoms with van der Waals surface area (Å²) in [5, 5.41) is 0. The lowest BCUT2D eigenvalue weighted by Gasteiger charge is -2.38. The van der Waals surface area contributed by atoms with Crippen molar-refractivity contribution in [2.45, 2.75) is 47.1 Å². The molecule has 0 aliphatic carbocycles. The molecule has 1 heterocycles. The summed E-state index contributed by atoms with van der Waals surface area (Å²) in [6, 6.07) is 9.93. The number of piperidine rings is 1. The van der Waals surface area contributed by atoms with Gasteiger partial charge in [-0.2, -0.15) is 0 Å². The van der Waals surface area contributed by atoms with Crippen LogP contribution >= 0.6 is 0 Å². The molecule has 0 spiro atoms. The first-order valence-corrected chi connectivity index (χ1v) is 8.99. The average Bonchev–Trinajstić information content (AvgIpc) is 2.59. The van der Waals surface area contributed by atoms with Gasteiger partial charge in [0.2, 0.25) is 11.8 Å². The fraction of sp³-hybridized carbons (Fsp3) is 0.600. The van der Waals surface area contributed by atoms with Crippen LogP contribution in [0.15, 0.2) is 30.3 Å². The summed E-state index contributed by atoms with van der Waals surface area (Å²) in [6.07, 6.45) is 2.19. The first-order valence-electron chi connectivity index (χ1n) is 8.99. The molecule has 0 radical (unpaired) electrons. The molecule has 1 atom stereocenters. The SMILES string of the molecule is CCN(Cc1ccccc1)C(=O)C(C)(C)C(=O)N1CCCC(C)C1. The van der Waals surface area contributed by atoms with Crippen LogP contribution in [0.5, 0.6) is 0 Å². The summed E-state index contributed by atoms with van der Waals surface area (Å²) < 4.78 is 0. The largest absolute Gasteiger partial charge is 0.342 e. The van der Waals surface area contributed by atoms with Crippen molar-refractivity contribution < 1.29 is 9.59 Å². The molecule has 24 heavy (non-hydrogen) atoms. The van der Waals surface area contributed by atoms with E-state index in [4.69, 9.17) is 0 Å². The van der Waals surface area contributed by atoms with Crippen molar-refractivity contribution in [3.8, 4) is 0 Å². The van der Waals surface area contributed by atoms with Gasteiger partial charge in [0.25, 0.3) is 0 Å². The highest BCUT2D eigenvalue weighted by molar-refractivity contribution is 6.04. The second kappa shape index (κ2) is 7.82. The van der Waals surface area contributed by atoms with Crippen molar-refractivity contribution in [2.75, 3.05) is 19.6 Å². The highest BCUT2D eigenvalue weighted by Crippen LogP contribution is 2.26. The van der Waals surface area contributed by atoms with E-state index in [1.54, 1.807) is 18.7 Å². The smallest absolute Gasteiger partial charge is 0.237 e. The van der Waals surface area contributed by atoms with E-state index in [1.165, 1.54) is 0 Å². The standard InChI is InChI=1S/C20H30N2O2/c1-5-21(15-17-11-7-6-8-12-17)18(23)20(3,4)19(24)22-13-9-10-16(2)14-22/h6-8,11-12,16H,5,9-10,13-15H2,1-4H3. The number of likely N-dealkylation sites (tertiary alicyclic amines) is 1. The Morgan fingerprint density at radius 1 is 1.25 bits per heavy atom. The van der Waals surface area contributed by atoms with Gasteiger partial charge >= 0.3 is 0 Å². The summed E-state index contributed by atoms with van der Waals surface area (Å²) in [5.74, 6) is 0.392. The molecular weight excluding hydrogens is 300 g/mol. The Morgan fingerprint density at radius 3 is 2.50 bits per heavy atom. The van der Waals surface area contributed by atoms with Crippen LogP contribution in [0.4, 0.5) is 0 Å². The molecule has 0 aromatic heterocycles. The van der Waals surface area contributed by atoms with E-state index in [2.05, 4.69) is 6.92 Å². The Labute approximate surface area is 145 Å². The Kier molecular flexibility index (Phi) is 6.03. The topological polar surface area (TPSA) is 40.6 Å². The monoisotopic (exact) mass is 330 g/mol. The number of benzene rings is 1. The van der Waals surface area contributed by atoms with Crippen molar-refractivity contribution in [3.05, 3.63) is 35.9 Å². The molecule has 1 aromatic rings. The second-order valence-electron chi connectivity index (χ2n) is 7.43. The molecule has 1 unspecified atom stereocenters. The molecule has 1 aliphatic heterocycles. The van der Waals surface area contributed by atoms with Crippen LogP contribution in [0.2, 0.25) is 0 Å². The third kappa shape index (κ3) is 4.16. The minimum atomic E-state index is -1.01. The van der Waals surface area contributed by atoms with E-state index >= 15 is 0 Å². The first-order chi connectivity index (χ1) is 11.4. The van der Waals surface area contributed by atoms with Crippen molar-refractivity contribution >= 4 is 11.8 Å². The first kappa shape index (κ1) is 18.5. The fourth-order valence-corrected chi connectivity index (χ4v) is 3.39. The normalized spacial score (nSPS) is 18.3. The van der Waals surface area contributed by atoms with Crippen molar-refractivity contribution in [3.63, 3.8) is 0 Å². The molecule has 4 heteroatoms. The summed E-state index contributed by atoms with van der Waals surface area (Å²) >= 11 is 0. The van der Waals surface area contributed by atoms with Crippen molar-refractivity contribution in [1.29, 1.82) is 0 Å². The highest BCUT2D eigenvalue weighted by atomic mass is 16.2. The summed E-state index contributed by atoms with van der Waals surface area (Å²) in [7, 11) is 0. The summed E-state index contributed by atoms with van der Waals surface area (Å²) in [4.78, 5) is 29.7. The maximum atomic E-state index is 13.0. The second-order valence-corrected chi connectivity index (χ2v) is 7.43. The molecule has 0 bridgehead atoms. The van der Waals surface area contributed by atoms with Crippen LogP contribution in [0, 0.1) is 11.3 Å². The third-order valence-corrected chi connectivity index (χ3v) is 4.90. The van der Waals surface area contributed by atoms with Crippen LogP contribution in [-0.4, -0.2) is 41.2 Å². The van der Waals surface area contributed by atoms with E-state index in [1.807, 2.05) is 42.2 Å². The van der Waals surface area contributed by atoms with Gasteiger partial charge < -0.3 is 9.80 Å². The predicted molar refractivity (Wildman–Crippen MR) is 96.3 cm³/mol. The summed E-state index contributed by atoms with van der Waals surface area (Å²) in [6.45, 7) is 10.3. The molecule has 1 saturated heterocycles. The Hall–Kier alpha value is -1.84. The lowest BCUT2D eigenvalue weighted by molar-refractivity contribution is -0.155. The van der Waals surface area contributed by atoms with E-state index in [-0.39, 0.29) is 11.8 Å². The highest BCUT2D eigenvalue weighted by Gasteiger charge is 2.42. The lowest BCUT2D eigenvalue weighted by Crippen LogP contribution is -2.52. The van der Waals surface area contributed by atoms with Crippen LogP contribution in [0.25, 0.3) is 0 Å². The van der Waals surface area contributed by atoms with Crippen LogP contribution in [0.3, 0.4) is 0 Å². The van der Waals surface area contributed by atoms with Gasteiger partial charge in [0.05, 0.1) is 0 Å². The van der Waals surface area contributed by atoms with Gasteiger partial charge in [0.15, 0.2) is 0 Å². The average molecular weight is 330 g/mol. The van der Waals surface area contributed by atoms with Gasteiger partial charge in [-0.15, -0.1) is 0 Å². The van der Waals surface area contributed by atoms with E-state index in [0.29, 0.717) is 19.0 Å². The molecule has 2 rings (SSSR count). The van der Waals surface area contributed by atoms with Crippen LogP contribution in [-0.2, 0) is 16.1 Å². The molecule has 1 aliphatic rings. The van der Waals surface area contributed by atoms with Crippen LogP contribution < -0.4 is 0 Å². The maximum Gasteiger partial charge on any atom is 0.237 e. The van der Waals surface area contributed by atoms with Gasteiger partial charge in [-0.1, -0.05) is 37.3 Å². The number of carbonyl (C=O) groups excluding carboxylic acids is 2. The van der Waals surface area contributed by atoms with Gasteiger partial charge in [-0.05, 0) is 45.1 Å². The zero-order valence-corrected chi connectivity index (χ0v) is 15.4. The minimum absolute atomic E-state index is 0.0365. The molecular formula is C20H30N2O2. The summed E-state index contributed by atoms with van der Waals surface area (Å²) in [5.41, 5.74) is 0.0736. The van der Waals surface area contributed by atoms with Gasteiger partial charge in [0, 0.05) is 26.2 Å².